The van der Waals surface area contributed by atoms with Crippen LogP contribution in [0, 0.1) is 6.92 Å². The number of nitrogens with one attached hydrogen (secondary N) is 1. The van der Waals surface area contributed by atoms with E-state index in [1.807, 2.05) is 6.92 Å². The number of fused-ring (bicyclic) bond motifs is 1. The number of phenolic OH excluding ortho intramolecular Hbond substituents is 1. The standard InChI is InChI=1S/C18H16N2O5S/c1-10-2-5-14(16(19)6-10)18(22)20-12-7-11-3-4-13(26(23,24)25)9-15(11)17(21)8-12/h2-9,21H,19H2,1H3,(H,20,22)(H,23,24,25). The number of aryl methyl sites for hydroxylation is 1. The van der Waals surface area contributed by atoms with Crippen molar-refractivity contribution in [2.75, 3.05) is 11.1 Å². The van der Waals surface area contributed by atoms with Crippen LogP contribution in [0.5, 0.6) is 5.75 Å². The highest BCUT2D eigenvalue weighted by Crippen LogP contribution is 2.31. The number of aromatic hydroxyl groups is 1. The fourth-order valence-corrected chi connectivity index (χ4v) is 3.14. The summed E-state index contributed by atoms with van der Waals surface area (Å²) in [6, 6.07) is 11.7. The molecule has 0 aliphatic heterocycles. The Kier molecular flexibility index (Phi) is 4.31. The third kappa shape index (κ3) is 3.46. The number of hydrogen-bond acceptors (Lipinski definition) is 5. The number of carbonyl (C=O) groups is 1. The molecule has 0 aliphatic carbocycles. The first-order chi connectivity index (χ1) is 12.1. The molecule has 0 heterocycles. The van der Waals surface area contributed by atoms with E-state index in [-0.39, 0.29) is 16.0 Å². The maximum atomic E-state index is 12.4. The Labute approximate surface area is 149 Å². The minimum atomic E-state index is -4.38. The van der Waals surface area contributed by atoms with Gasteiger partial charge in [0.2, 0.25) is 0 Å². The highest BCUT2D eigenvalue weighted by Gasteiger charge is 2.14. The molecule has 0 aliphatic rings. The third-order valence-electron chi connectivity index (χ3n) is 3.91. The monoisotopic (exact) mass is 372 g/mol. The molecular formula is C18H16N2O5S. The zero-order chi connectivity index (χ0) is 19.1. The lowest BCUT2D eigenvalue weighted by molar-refractivity contribution is 0.102. The Balaban J connectivity index is 1.97. The highest BCUT2D eigenvalue weighted by atomic mass is 32.2. The molecule has 3 aromatic carbocycles. The Bertz CT molecular complexity index is 1140. The van der Waals surface area contributed by atoms with E-state index in [0.717, 1.165) is 11.6 Å². The summed E-state index contributed by atoms with van der Waals surface area (Å²) < 4.78 is 31.5. The summed E-state index contributed by atoms with van der Waals surface area (Å²) in [5, 5.41) is 13.5. The molecule has 0 unspecified atom stereocenters. The van der Waals surface area contributed by atoms with Crippen molar-refractivity contribution in [3.8, 4) is 5.75 Å². The van der Waals surface area contributed by atoms with Gasteiger partial charge in [0.1, 0.15) is 5.75 Å². The summed E-state index contributed by atoms with van der Waals surface area (Å²) >= 11 is 0. The zero-order valence-electron chi connectivity index (χ0n) is 13.7. The number of carbonyl (C=O) groups excluding carboxylic acids is 1. The molecule has 134 valence electrons. The lowest BCUT2D eigenvalue weighted by Crippen LogP contribution is -2.14. The second-order valence-electron chi connectivity index (χ2n) is 5.90. The number of nitrogens with two attached hydrogens (primary N) is 1. The number of hydrogen-bond donors (Lipinski definition) is 4. The molecule has 0 bridgehead atoms. The Hall–Kier alpha value is -3.10. The van der Waals surface area contributed by atoms with Crippen molar-refractivity contribution < 1.29 is 22.9 Å². The molecule has 3 aromatic rings. The van der Waals surface area contributed by atoms with Crippen LogP contribution < -0.4 is 11.1 Å². The lowest BCUT2D eigenvalue weighted by atomic mass is 10.1. The molecule has 0 aromatic heterocycles. The summed E-state index contributed by atoms with van der Waals surface area (Å²) in [6.07, 6.45) is 0. The van der Waals surface area contributed by atoms with Gasteiger partial charge >= 0.3 is 0 Å². The first-order valence-electron chi connectivity index (χ1n) is 7.57. The topological polar surface area (TPSA) is 130 Å². The summed E-state index contributed by atoms with van der Waals surface area (Å²) in [6.45, 7) is 1.86. The number of benzene rings is 3. The SMILES string of the molecule is Cc1ccc(C(=O)Nc2cc(O)c3cc(S(=O)(=O)O)ccc3c2)c(N)c1. The average Bonchev–Trinajstić information content (AvgIpc) is 2.53. The van der Waals surface area contributed by atoms with E-state index in [9.17, 15) is 18.3 Å². The van der Waals surface area contributed by atoms with Gasteiger partial charge in [0, 0.05) is 22.8 Å². The van der Waals surface area contributed by atoms with Crippen LogP contribution in [0.2, 0.25) is 0 Å². The number of phenols is 1. The van der Waals surface area contributed by atoms with Crippen molar-refractivity contribution in [2.45, 2.75) is 11.8 Å². The number of amides is 1. The molecule has 1 amide bonds. The predicted octanol–water partition coefficient (Wildman–Crippen LogP) is 2.94. The van der Waals surface area contributed by atoms with E-state index >= 15 is 0 Å². The number of anilines is 2. The smallest absolute Gasteiger partial charge is 0.294 e. The predicted molar refractivity (Wildman–Crippen MR) is 99.0 cm³/mol. The molecule has 0 saturated carbocycles. The van der Waals surface area contributed by atoms with Crippen LogP contribution in [0.4, 0.5) is 11.4 Å². The molecule has 3 rings (SSSR count). The minimum Gasteiger partial charge on any atom is -0.507 e. The van der Waals surface area contributed by atoms with Crippen molar-refractivity contribution in [3.05, 3.63) is 59.7 Å². The Morgan fingerprint density at radius 3 is 2.46 bits per heavy atom. The number of nitrogen functional groups attached to an aromatic ring is 1. The van der Waals surface area contributed by atoms with E-state index in [1.54, 1.807) is 24.3 Å². The molecule has 26 heavy (non-hydrogen) atoms. The van der Waals surface area contributed by atoms with Gasteiger partial charge in [-0.3, -0.25) is 9.35 Å². The molecule has 0 fully saturated rings. The van der Waals surface area contributed by atoms with E-state index in [2.05, 4.69) is 5.32 Å². The van der Waals surface area contributed by atoms with Gasteiger partial charge in [-0.2, -0.15) is 8.42 Å². The molecule has 0 saturated heterocycles. The van der Waals surface area contributed by atoms with E-state index < -0.39 is 16.0 Å². The van der Waals surface area contributed by atoms with Crippen LogP contribution >= 0.6 is 0 Å². The van der Waals surface area contributed by atoms with Crippen LogP contribution in [-0.2, 0) is 10.1 Å². The van der Waals surface area contributed by atoms with E-state index in [0.29, 0.717) is 22.3 Å². The molecular weight excluding hydrogens is 356 g/mol. The minimum absolute atomic E-state index is 0.230. The fraction of sp³-hybridized carbons (Fsp3) is 0.0556. The van der Waals surface area contributed by atoms with Gasteiger partial charge < -0.3 is 16.2 Å². The molecule has 0 spiro atoms. The zero-order valence-corrected chi connectivity index (χ0v) is 14.5. The second-order valence-corrected chi connectivity index (χ2v) is 7.32. The summed E-state index contributed by atoms with van der Waals surface area (Å²) in [5.74, 6) is -0.670. The van der Waals surface area contributed by atoms with Crippen LogP contribution in [0.1, 0.15) is 15.9 Å². The second kappa shape index (κ2) is 6.32. The first kappa shape index (κ1) is 17.7. The van der Waals surface area contributed by atoms with Gasteiger partial charge in [-0.1, -0.05) is 12.1 Å². The van der Waals surface area contributed by atoms with Crippen LogP contribution in [0.15, 0.2) is 53.4 Å². The largest absolute Gasteiger partial charge is 0.507 e. The van der Waals surface area contributed by atoms with Gasteiger partial charge in [0.15, 0.2) is 0 Å². The molecule has 7 nitrogen and oxygen atoms in total. The van der Waals surface area contributed by atoms with Gasteiger partial charge in [0.25, 0.3) is 16.0 Å². The van der Waals surface area contributed by atoms with Crippen LogP contribution in [0.25, 0.3) is 10.8 Å². The van der Waals surface area contributed by atoms with Gasteiger partial charge in [-0.15, -0.1) is 0 Å². The maximum absolute atomic E-state index is 12.4. The van der Waals surface area contributed by atoms with Gasteiger partial charge in [0.05, 0.1) is 10.5 Å². The third-order valence-corrected chi connectivity index (χ3v) is 4.76. The normalized spacial score (nSPS) is 11.5. The van der Waals surface area contributed by atoms with Crippen molar-refractivity contribution in [1.29, 1.82) is 0 Å². The van der Waals surface area contributed by atoms with Crippen molar-refractivity contribution in [3.63, 3.8) is 0 Å². The van der Waals surface area contributed by atoms with Crippen LogP contribution in [0.3, 0.4) is 0 Å². The first-order valence-corrected chi connectivity index (χ1v) is 9.01. The van der Waals surface area contributed by atoms with Crippen LogP contribution in [-0.4, -0.2) is 24.0 Å². The Morgan fingerprint density at radius 2 is 1.81 bits per heavy atom. The quantitative estimate of drug-likeness (QED) is 0.413. The van der Waals surface area contributed by atoms with Gasteiger partial charge in [-0.05, 0) is 48.2 Å². The van der Waals surface area contributed by atoms with Crippen molar-refractivity contribution in [1.82, 2.24) is 0 Å². The number of rotatable bonds is 3. The fourth-order valence-electron chi connectivity index (χ4n) is 2.64. The molecule has 0 atom stereocenters. The lowest BCUT2D eigenvalue weighted by Gasteiger charge is -2.11. The Morgan fingerprint density at radius 1 is 1.08 bits per heavy atom. The average molecular weight is 372 g/mol. The van der Waals surface area contributed by atoms with Gasteiger partial charge in [-0.25, -0.2) is 0 Å². The van der Waals surface area contributed by atoms with E-state index in [1.165, 1.54) is 18.2 Å². The highest BCUT2D eigenvalue weighted by molar-refractivity contribution is 7.85. The van der Waals surface area contributed by atoms with Crippen molar-refractivity contribution in [2.24, 2.45) is 0 Å². The molecule has 0 radical (unpaired) electrons. The van der Waals surface area contributed by atoms with Crippen molar-refractivity contribution >= 4 is 38.2 Å². The summed E-state index contributed by atoms with van der Waals surface area (Å²) in [5.41, 5.74) is 7.75. The molecule has 8 heteroatoms. The summed E-state index contributed by atoms with van der Waals surface area (Å²) in [4.78, 5) is 12.1. The molecule has 5 N–H and O–H groups in total. The maximum Gasteiger partial charge on any atom is 0.294 e. The van der Waals surface area contributed by atoms with E-state index in [4.69, 9.17) is 10.3 Å². The summed E-state index contributed by atoms with van der Waals surface area (Å²) in [7, 11) is -4.38.